The molecule has 0 aliphatic carbocycles. The van der Waals surface area contributed by atoms with Gasteiger partial charge in [-0.05, 0) is 5.56 Å². The number of alkyl carbamates (subject to hydrolysis) is 1. The van der Waals surface area contributed by atoms with Crippen molar-refractivity contribution in [3.63, 3.8) is 0 Å². The van der Waals surface area contributed by atoms with Crippen LogP contribution in [0.4, 0.5) is 4.79 Å². The lowest BCUT2D eigenvalue weighted by Gasteiger charge is -2.14. The molecule has 0 spiro atoms. The van der Waals surface area contributed by atoms with Gasteiger partial charge in [-0.15, -0.1) is 0 Å². The average molecular weight is 245 g/mol. The highest BCUT2D eigenvalue weighted by Crippen LogP contribution is 2.11. The number of carbonyl (C=O) groups is 1. The molecule has 1 aliphatic rings. The minimum absolute atomic E-state index is 0.257. The topological polar surface area (TPSA) is 74.1 Å². The number of amides is 1. The highest BCUT2D eigenvalue weighted by molar-refractivity contribution is 5.67. The van der Waals surface area contributed by atoms with Crippen LogP contribution >= 0.6 is 0 Å². The third-order valence-electron chi connectivity index (χ3n) is 2.86. The molecule has 0 saturated carbocycles. The first-order valence-corrected chi connectivity index (χ1v) is 5.88. The molecule has 1 amide bonds. The Kier molecular flexibility index (Phi) is 4.15. The number of rotatable bonds is 3. The largest absolute Gasteiger partial charge is 0.443 e. The number of carbonyl (C=O) groups excluding carboxylic acids is 1. The minimum Gasteiger partial charge on any atom is -0.443 e. The summed E-state index contributed by atoms with van der Waals surface area (Å²) < 4.78 is 5.20. The van der Waals surface area contributed by atoms with Gasteiger partial charge in [0, 0.05) is 19.6 Å². The zero-order valence-electron chi connectivity index (χ0n) is 9.93. The van der Waals surface area contributed by atoms with Gasteiger partial charge in [0.1, 0.15) is 6.10 Å². The maximum Gasteiger partial charge on any atom is 0.407 e. The summed E-state index contributed by atoms with van der Waals surface area (Å²) in [5.41, 5.74) is 1.01. The monoisotopic (exact) mass is 245 g/mol. The summed E-state index contributed by atoms with van der Waals surface area (Å²) >= 11 is 0. The van der Waals surface area contributed by atoms with Gasteiger partial charge in [-0.2, -0.15) is 5.26 Å². The molecule has 1 aliphatic heterocycles. The molecular formula is C13H15N3O2. The van der Waals surface area contributed by atoms with E-state index >= 15 is 0 Å². The number of nitriles is 1. The second kappa shape index (κ2) is 6.03. The van der Waals surface area contributed by atoms with Gasteiger partial charge in [-0.3, -0.25) is 0 Å². The predicted molar refractivity (Wildman–Crippen MR) is 65.5 cm³/mol. The summed E-state index contributed by atoms with van der Waals surface area (Å²) in [4.78, 5) is 11.6. The number of nitrogens with zero attached hydrogens (tertiary/aromatic N) is 1. The zero-order chi connectivity index (χ0) is 12.8. The highest BCUT2D eigenvalue weighted by atomic mass is 16.6. The lowest BCUT2D eigenvalue weighted by Crippen LogP contribution is -2.32. The van der Waals surface area contributed by atoms with E-state index in [9.17, 15) is 4.79 Å². The number of hydrogen-bond acceptors (Lipinski definition) is 4. The van der Waals surface area contributed by atoms with Crippen molar-refractivity contribution < 1.29 is 9.53 Å². The Labute approximate surface area is 106 Å². The summed E-state index contributed by atoms with van der Waals surface area (Å²) in [6.07, 6.45) is -0.835. The Hall–Kier alpha value is -2.06. The van der Waals surface area contributed by atoms with E-state index in [4.69, 9.17) is 10.00 Å². The standard InChI is InChI=1S/C13H15N3O2/c14-6-11-8-15-9-12(11)18-13(17)16-7-10-4-2-1-3-5-10/h1-5,11-12,15H,7-9H2,(H,16,17). The van der Waals surface area contributed by atoms with Gasteiger partial charge in [-0.25, -0.2) is 4.79 Å². The molecule has 1 heterocycles. The van der Waals surface area contributed by atoms with Gasteiger partial charge in [0.25, 0.3) is 0 Å². The summed E-state index contributed by atoms with van der Waals surface area (Å²) in [5, 5.41) is 14.6. The lowest BCUT2D eigenvalue weighted by molar-refractivity contribution is 0.0946. The van der Waals surface area contributed by atoms with E-state index in [0.717, 1.165) is 5.56 Å². The first-order chi connectivity index (χ1) is 8.79. The predicted octanol–water partition coefficient (Wildman–Crippen LogP) is 1.02. The van der Waals surface area contributed by atoms with Gasteiger partial charge in [-0.1, -0.05) is 30.3 Å². The van der Waals surface area contributed by atoms with Gasteiger partial charge in [0.05, 0.1) is 12.0 Å². The Balaban J connectivity index is 1.77. The van der Waals surface area contributed by atoms with Crippen LogP contribution in [0.15, 0.2) is 30.3 Å². The van der Waals surface area contributed by atoms with Crippen LogP contribution in [0.1, 0.15) is 5.56 Å². The molecule has 5 nitrogen and oxygen atoms in total. The normalized spacial score (nSPS) is 22.2. The van der Waals surface area contributed by atoms with Crippen LogP contribution in [0.5, 0.6) is 0 Å². The van der Waals surface area contributed by atoms with Crippen molar-refractivity contribution in [2.24, 2.45) is 5.92 Å². The first kappa shape index (κ1) is 12.4. The smallest absolute Gasteiger partial charge is 0.407 e. The van der Waals surface area contributed by atoms with E-state index in [1.165, 1.54) is 0 Å². The summed E-state index contributed by atoms with van der Waals surface area (Å²) in [7, 11) is 0. The zero-order valence-corrected chi connectivity index (χ0v) is 9.93. The Bertz CT molecular complexity index is 441. The average Bonchev–Trinajstić information content (AvgIpc) is 2.85. The second-order valence-electron chi connectivity index (χ2n) is 4.18. The Morgan fingerprint density at radius 3 is 2.94 bits per heavy atom. The molecule has 18 heavy (non-hydrogen) atoms. The number of ether oxygens (including phenoxy) is 1. The molecule has 2 N–H and O–H groups in total. The summed E-state index contributed by atoms with van der Waals surface area (Å²) in [5.74, 6) is -0.257. The van der Waals surface area contributed by atoms with E-state index in [1.54, 1.807) is 0 Å². The van der Waals surface area contributed by atoms with Gasteiger partial charge in [0.15, 0.2) is 0 Å². The van der Waals surface area contributed by atoms with Crippen molar-refractivity contribution in [2.75, 3.05) is 13.1 Å². The van der Waals surface area contributed by atoms with Crippen LogP contribution in [-0.4, -0.2) is 25.3 Å². The molecular weight excluding hydrogens is 230 g/mol. The van der Waals surface area contributed by atoms with Gasteiger partial charge in [0.2, 0.25) is 0 Å². The molecule has 0 radical (unpaired) electrons. The molecule has 5 heteroatoms. The van der Waals surface area contributed by atoms with E-state index < -0.39 is 6.09 Å². The molecule has 2 unspecified atom stereocenters. The quantitative estimate of drug-likeness (QED) is 0.834. The molecule has 1 saturated heterocycles. The second-order valence-corrected chi connectivity index (χ2v) is 4.18. The van der Waals surface area contributed by atoms with E-state index in [0.29, 0.717) is 19.6 Å². The van der Waals surface area contributed by atoms with Crippen molar-refractivity contribution in [3.8, 4) is 6.07 Å². The number of benzene rings is 1. The number of hydrogen-bond donors (Lipinski definition) is 2. The van der Waals surface area contributed by atoms with E-state index in [1.807, 2.05) is 30.3 Å². The van der Waals surface area contributed by atoms with Crippen LogP contribution in [0.2, 0.25) is 0 Å². The van der Waals surface area contributed by atoms with Crippen molar-refractivity contribution in [1.82, 2.24) is 10.6 Å². The Morgan fingerprint density at radius 2 is 2.22 bits per heavy atom. The molecule has 1 aromatic rings. The molecule has 2 atom stereocenters. The third kappa shape index (κ3) is 3.22. The third-order valence-corrected chi connectivity index (χ3v) is 2.86. The molecule has 1 fully saturated rings. The summed E-state index contributed by atoms with van der Waals surface area (Å²) in [6.45, 7) is 1.54. The molecule has 1 aromatic carbocycles. The van der Waals surface area contributed by atoms with Crippen LogP contribution in [0.3, 0.4) is 0 Å². The minimum atomic E-state index is -0.479. The lowest BCUT2D eigenvalue weighted by atomic mass is 10.1. The van der Waals surface area contributed by atoms with Crippen LogP contribution in [0.25, 0.3) is 0 Å². The first-order valence-electron chi connectivity index (χ1n) is 5.88. The van der Waals surface area contributed by atoms with E-state index in [2.05, 4.69) is 16.7 Å². The molecule has 2 rings (SSSR count). The fourth-order valence-electron chi connectivity index (χ4n) is 1.86. The number of nitrogens with one attached hydrogen (secondary N) is 2. The molecule has 0 bridgehead atoms. The fraction of sp³-hybridized carbons (Fsp3) is 0.385. The van der Waals surface area contributed by atoms with Crippen molar-refractivity contribution in [3.05, 3.63) is 35.9 Å². The maximum atomic E-state index is 11.6. The maximum absolute atomic E-state index is 11.6. The Morgan fingerprint density at radius 1 is 1.44 bits per heavy atom. The van der Waals surface area contributed by atoms with Crippen molar-refractivity contribution >= 4 is 6.09 Å². The van der Waals surface area contributed by atoms with E-state index in [-0.39, 0.29) is 12.0 Å². The highest BCUT2D eigenvalue weighted by Gasteiger charge is 2.30. The van der Waals surface area contributed by atoms with Crippen LogP contribution in [0, 0.1) is 17.2 Å². The van der Waals surface area contributed by atoms with Crippen LogP contribution < -0.4 is 10.6 Å². The van der Waals surface area contributed by atoms with Crippen LogP contribution in [-0.2, 0) is 11.3 Å². The molecule has 94 valence electrons. The summed E-state index contributed by atoms with van der Waals surface area (Å²) in [6, 6.07) is 11.7. The fourth-order valence-corrected chi connectivity index (χ4v) is 1.86. The molecule has 0 aromatic heterocycles. The van der Waals surface area contributed by atoms with Crippen molar-refractivity contribution in [1.29, 1.82) is 5.26 Å². The van der Waals surface area contributed by atoms with Gasteiger partial charge >= 0.3 is 6.09 Å². The van der Waals surface area contributed by atoms with Gasteiger partial charge < -0.3 is 15.4 Å². The van der Waals surface area contributed by atoms with Crippen molar-refractivity contribution in [2.45, 2.75) is 12.6 Å². The SMILES string of the molecule is N#CC1CNCC1OC(=O)NCc1ccccc1.